The summed E-state index contributed by atoms with van der Waals surface area (Å²) in [6, 6.07) is 2.50. The minimum Gasteiger partial charge on any atom is -0.482 e. The van der Waals surface area contributed by atoms with Crippen LogP contribution in [0.3, 0.4) is 0 Å². The molecule has 2 atom stereocenters. The third-order valence-corrected chi connectivity index (χ3v) is 5.38. The molecule has 2 aromatic heterocycles. The van der Waals surface area contributed by atoms with Crippen LogP contribution in [-0.2, 0) is 4.79 Å². The fraction of sp³-hybridized carbons (Fsp3) is 0.458. The van der Waals surface area contributed by atoms with Crippen LogP contribution >= 0.6 is 0 Å². The molecule has 2 aromatic rings. The first-order chi connectivity index (χ1) is 17.4. The Morgan fingerprint density at radius 2 is 1.89 bits per heavy atom. The first-order valence-electron chi connectivity index (χ1n) is 11.6. The number of nitrogens with one attached hydrogen (secondary N) is 2. The zero-order valence-corrected chi connectivity index (χ0v) is 20.9. The lowest BCUT2D eigenvalue weighted by atomic mass is 10.1. The maximum Gasteiger partial charge on any atom is 0.408 e. The van der Waals surface area contributed by atoms with Crippen molar-refractivity contribution in [2.24, 2.45) is 0 Å². The van der Waals surface area contributed by atoms with E-state index in [1.807, 2.05) is 19.2 Å². The highest BCUT2D eigenvalue weighted by Crippen LogP contribution is 2.26. The topological polar surface area (TPSA) is 134 Å². The molecule has 2 rings (SSSR count). The van der Waals surface area contributed by atoms with Gasteiger partial charge >= 0.3 is 18.2 Å². The molecule has 0 fully saturated rings. The number of pyridine rings is 2. The molecule has 0 saturated heterocycles. The van der Waals surface area contributed by atoms with Crippen LogP contribution in [0.25, 0.3) is 0 Å². The molecule has 0 aliphatic heterocycles. The maximum atomic E-state index is 13.5. The number of aliphatic carboxylic acids is 1. The van der Waals surface area contributed by atoms with Gasteiger partial charge in [-0.3, -0.25) is 15.0 Å². The first kappa shape index (κ1) is 29.3. The molecular formula is C24H30F3N5O5. The molecule has 0 radical (unpaired) electrons. The Labute approximate surface area is 212 Å². The van der Waals surface area contributed by atoms with Crippen LogP contribution in [0.1, 0.15) is 56.1 Å². The van der Waals surface area contributed by atoms with Gasteiger partial charge in [0, 0.05) is 18.3 Å². The van der Waals surface area contributed by atoms with Gasteiger partial charge in [0.15, 0.2) is 6.61 Å². The Morgan fingerprint density at radius 1 is 1.19 bits per heavy atom. The van der Waals surface area contributed by atoms with Crippen LogP contribution in [0.4, 0.5) is 29.6 Å². The first-order valence-corrected chi connectivity index (χ1v) is 11.6. The van der Waals surface area contributed by atoms with Gasteiger partial charge in [0.05, 0.1) is 0 Å². The monoisotopic (exact) mass is 525 g/mol. The van der Waals surface area contributed by atoms with Crippen molar-refractivity contribution in [1.29, 1.82) is 0 Å². The summed E-state index contributed by atoms with van der Waals surface area (Å²) in [5, 5.41) is 13.3. The fourth-order valence-corrected chi connectivity index (χ4v) is 3.41. The number of anilines is 2. The molecule has 0 bridgehead atoms. The molecule has 0 aliphatic rings. The van der Waals surface area contributed by atoms with Gasteiger partial charge in [0.1, 0.15) is 29.1 Å². The second-order valence-electron chi connectivity index (χ2n) is 8.28. The molecule has 3 N–H and O–H groups in total. The molecule has 1 unspecified atom stereocenters. The van der Waals surface area contributed by atoms with Crippen molar-refractivity contribution in [1.82, 2.24) is 15.3 Å². The highest BCUT2D eigenvalue weighted by molar-refractivity contribution is 6.02. The summed E-state index contributed by atoms with van der Waals surface area (Å²) in [7, 11) is 0. The molecular weight excluding hydrogens is 495 g/mol. The van der Waals surface area contributed by atoms with Crippen molar-refractivity contribution in [2.45, 2.75) is 65.2 Å². The summed E-state index contributed by atoms with van der Waals surface area (Å²) in [5.41, 5.74) is 0.250. The third-order valence-electron chi connectivity index (χ3n) is 5.38. The summed E-state index contributed by atoms with van der Waals surface area (Å²) in [4.78, 5) is 46.4. The van der Waals surface area contributed by atoms with E-state index in [1.54, 1.807) is 6.92 Å². The van der Waals surface area contributed by atoms with Gasteiger partial charge in [-0.1, -0.05) is 26.3 Å². The number of rotatable bonds is 11. The van der Waals surface area contributed by atoms with E-state index < -0.39 is 36.7 Å². The van der Waals surface area contributed by atoms with Gasteiger partial charge < -0.3 is 15.2 Å². The molecule has 0 spiro atoms. The van der Waals surface area contributed by atoms with Crippen LogP contribution in [0.15, 0.2) is 30.5 Å². The number of ether oxygens (including phenoxy) is 1. The van der Waals surface area contributed by atoms with Crippen molar-refractivity contribution in [3.05, 3.63) is 41.7 Å². The normalized spacial score (nSPS) is 12.8. The summed E-state index contributed by atoms with van der Waals surface area (Å²) in [6.45, 7) is 5.72. The van der Waals surface area contributed by atoms with Crippen LogP contribution in [0, 0.1) is 6.92 Å². The van der Waals surface area contributed by atoms with Crippen molar-refractivity contribution in [2.75, 3.05) is 16.8 Å². The molecule has 3 amide bonds. The van der Waals surface area contributed by atoms with E-state index in [0.717, 1.165) is 13.3 Å². The van der Waals surface area contributed by atoms with Crippen molar-refractivity contribution in [3.63, 3.8) is 0 Å². The van der Waals surface area contributed by atoms with Gasteiger partial charge in [-0.15, -0.1) is 0 Å². The van der Waals surface area contributed by atoms with Crippen LogP contribution in [0.5, 0.6) is 5.75 Å². The molecule has 37 heavy (non-hydrogen) atoms. The molecule has 0 saturated carbocycles. The average Bonchev–Trinajstić information content (AvgIpc) is 2.83. The number of halogens is 3. The van der Waals surface area contributed by atoms with E-state index in [-0.39, 0.29) is 29.1 Å². The summed E-state index contributed by atoms with van der Waals surface area (Å²) < 4.78 is 43.9. The number of carboxylic acid groups (broad SMARTS) is 1. The van der Waals surface area contributed by atoms with Crippen LogP contribution in [-0.4, -0.2) is 57.8 Å². The molecule has 10 nitrogen and oxygen atoms in total. The second-order valence-corrected chi connectivity index (χ2v) is 8.28. The number of carbonyl (C=O) groups excluding carboxylic acids is 2. The summed E-state index contributed by atoms with van der Waals surface area (Å²) in [6.07, 6.45) is -1.46. The third kappa shape index (κ3) is 8.33. The zero-order chi connectivity index (χ0) is 27.8. The number of carbonyl (C=O) groups is 3. The van der Waals surface area contributed by atoms with Crippen LogP contribution in [0.2, 0.25) is 0 Å². The Kier molecular flexibility index (Phi) is 10.2. The second kappa shape index (κ2) is 12.9. The number of nitrogens with zero attached hydrogens (tertiary/aromatic N) is 3. The van der Waals surface area contributed by atoms with Gasteiger partial charge in [0.25, 0.3) is 5.91 Å². The van der Waals surface area contributed by atoms with Gasteiger partial charge in [-0.05, 0) is 44.4 Å². The van der Waals surface area contributed by atoms with E-state index in [9.17, 15) is 27.6 Å². The van der Waals surface area contributed by atoms with Crippen molar-refractivity contribution >= 4 is 29.5 Å². The number of carboxylic acids is 1. The van der Waals surface area contributed by atoms with Crippen molar-refractivity contribution < 1.29 is 37.4 Å². The highest BCUT2D eigenvalue weighted by atomic mass is 19.4. The molecule has 0 aliphatic carbocycles. The Bertz CT molecular complexity index is 1110. The van der Waals surface area contributed by atoms with E-state index >= 15 is 0 Å². The van der Waals surface area contributed by atoms with E-state index in [1.165, 1.54) is 35.4 Å². The Morgan fingerprint density at radius 3 is 2.49 bits per heavy atom. The summed E-state index contributed by atoms with van der Waals surface area (Å²) >= 11 is 0. The van der Waals surface area contributed by atoms with Gasteiger partial charge in [-0.2, -0.15) is 13.2 Å². The predicted octanol–water partition coefficient (Wildman–Crippen LogP) is 4.55. The fourth-order valence-electron chi connectivity index (χ4n) is 3.41. The van der Waals surface area contributed by atoms with E-state index in [4.69, 9.17) is 9.84 Å². The van der Waals surface area contributed by atoms with Gasteiger partial charge in [0.2, 0.25) is 0 Å². The largest absolute Gasteiger partial charge is 0.482 e. The standard InChI is InChI=1S/C24H30F3N5O5/c1-5-7-16(6-2)32(23(36)31-19-12-17(10-11-28-19)37-13-20(33)34)21-14(3)8-9-18(30-21)22(35)29-15(4)24(25,26)27/h8-12,15-16H,5-7,13H2,1-4H3,(H,29,35)(H,33,34)(H,28,31,36)/t15-,16?/m1/s1. The number of alkyl halides is 3. The number of urea groups is 1. The van der Waals surface area contributed by atoms with Crippen LogP contribution < -0.4 is 20.3 Å². The molecule has 2 heterocycles. The SMILES string of the molecule is CCCC(CC)N(C(=O)Nc1cc(OCC(=O)O)ccn1)c1nc(C(=O)N[C@H](C)C(F)(F)F)ccc1C. The smallest absolute Gasteiger partial charge is 0.408 e. The minimum absolute atomic E-state index is 0.0785. The minimum atomic E-state index is -4.63. The number of hydrogen-bond donors (Lipinski definition) is 3. The van der Waals surface area contributed by atoms with E-state index in [0.29, 0.717) is 18.4 Å². The quantitative estimate of drug-likeness (QED) is 0.392. The molecule has 202 valence electrons. The average molecular weight is 526 g/mol. The molecule has 0 aromatic carbocycles. The Hall–Kier alpha value is -3.90. The molecule has 13 heteroatoms. The van der Waals surface area contributed by atoms with Crippen molar-refractivity contribution in [3.8, 4) is 5.75 Å². The lowest BCUT2D eigenvalue weighted by Crippen LogP contribution is -2.45. The lowest BCUT2D eigenvalue weighted by Gasteiger charge is -2.31. The van der Waals surface area contributed by atoms with E-state index in [2.05, 4.69) is 15.3 Å². The number of amides is 3. The zero-order valence-electron chi connectivity index (χ0n) is 20.9. The Balaban J connectivity index is 2.41. The highest BCUT2D eigenvalue weighted by Gasteiger charge is 2.37. The number of aromatic nitrogens is 2. The number of aryl methyl sites for hydroxylation is 1. The number of hydrogen-bond acceptors (Lipinski definition) is 6. The lowest BCUT2D eigenvalue weighted by molar-refractivity contribution is -0.149. The predicted molar refractivity (Wildman–Crippen MR) is 130 cm³/mol. The van der Waals surface area contributed by atoms with Gasteiger partial charge in [-0.25, -0.2) is 19.6 Å². The maximum absolute atomic E-state index is 13.5. The summed E-state index contributed by atoms with van der Waals surface area (Å²) in [5.74, 6) is -1.83.